The summed E-state index contributed by atoms with van der Waals surface area (Å²) in [7, 11) is 1.56. The molecule has 2 aromatic rings. The van der Waals surface area contributed by atoms with Gasteiger partial charge in [0.25, 0.3) is 11.5 Å². The number of nitrogens with zero attached hydrogens (tertiary/aromatic N) is 4. The Morgan fingerprint density at radius 2 is 2.19 bits per heavy atom. The van der Waals surface area contributed by atoms with E-state index in [0.717, 1.165) is 19.3 Å². The summed E-state index contributed by atoms with van der Waals surface area (Å²) in [5.74, 6) is 0.764. The summed E-state index contributed by atoms with van der Waals surface area (Å²) in [5, 5.41) is 15.5. The minimum Gasteiger partial charge on any atom is -0.471 e. The lowest BCUT2D eigenvalue weighted by Crippen LogP contribution is -2.32. The van der Waals surface area contributed by atoms with Crippen LogP contribution in [-0.2, 0) is 25.5 Å². The van der Waals surface area contributed by atoms with Gasteiger partial charge in [-0.05, 0) is 38.3 Å². The lowest BCUT2D eigenvalue weighted by atomic mass is 10.2. The summed E-state index contributed by atoms with van der Waals surface area (Å²) in [6, 6.07) is 7.37. The summed E-state index contributed by atoms with van der Waals surface area (Å²) < 4.78 is 18.5. The topological polar surface area (TPSA) is 140 Å². The summed E-state index contributed by atoms with van der Waals surface area (Å²) in [5.41, 5.74) is 0.0535. The number of hydrogen-bond donors (Lipinski definition) is 2. The van der Waals surface area contributed by atoms with Crippen LogP contribution in [0.2, 0.25) is 0 Å². The van der Waals surface area contributed by atoms with Crippen LogP contribution in [0.5, 0.6) is 0 Å². The standard InChI is InChI=1S/C24H28N6O5S/c1-3-30-23(32)18(36-24(30)15(12-25)22-27-16-6-4-7-17(16)35-22)13-26-19-8-5-9-20(28-19)29-21(31)14-34-11-10-33-2/h5,8-9,13,16-17H,3-4,6-7,10-11,14H2,1-2H3,(H2,26,28,29,31)/t16-,17+/m0/s1. The van der Waals surface area contributed by atoms with E-state index in [4.69, 9.17) is 14.2 Å². The average molecular weight is 513 g/mol. The van der Waals surface area contributed by atoms with Crippen LogP contribution in [0, 0.1) is 11.3 Å². The van der Waals surface area contributed by atoms with Crippen LogP contribution in [0.15, 0.2) is 28.0 Å². The molecule has 1 saturated carbocycles. The number of aliphatic imine (C=N–C) groups is 1. The number of methoxy groups -OCH3 is 1. The molecular weight excluding hydrogens is 484 g/mol. The van der Waals surface area contributed by atoms with E-state index in [1.54, 1.807) is 36.1 Å². The average Bonchev–Trinajstić information content (AvgIpc) is 3.55. The van der Waals surface area contributed by atoms with Gasteiger partial charge in [0.2, 0.25) is 5.90 Å². The largest absolute Gasteiger partial charge is 0.471 e. The van der Waals surface area contributed by atoms with Crippen LogP contribution in [0.25, 0.3) is 11.8 Å². The van der Waals surface area contributed by atoms with E-state index in [0.29, 0.717) is 46.5 Å². The quantitative estimate of drug-likeness (QED) is 0.446. The molecule has 12 heteroatoms. The molecule has 0 radical (unpaired) electrons. The molecule has 1 aliphatic heterocycles. The second-order valence-corrected chi connectivity index (χ2v) is 9.22. The van der Waals surface area contributed by atoms with Crippen molar-refractivity contribution in [3.8, 4) is 6.07 Å². The molecule has 0 bridgehead atoms. The van der Waals surface area contributed by atoms with Gasteiger partial charge in [-0.15, -0.1) is 11.3 Å². The molecule has 3 heterocycles. The van der Waals surface area contributed by atoms with Crippen LogP contribution >= 0.6 is 11.3 Å². The zero-order valence-electron chi connectivity index (χ0n) is 20.2. The highest BCUT2D eigenvalue weighted by atomic mass is 32.1. The zero-order chi connectivity index (χ0) is 25.5. The van der Waals surface area contributed by atoms with Crippen LogP contribution in [0.1, 0.15) is 26.2 Å². The predicted molar refractivity (Wildman–Crippen MR) is 136 cm³/mol. The molecule has 1 amide bonds. The molecule has 1 fully saturated rings. The Kier molecular flexibility index (Phi) is 8.48. The fourth-order valence-corrected chi connectivity index (χ4v) is 5.11. The van der Waals surface area contributed by atoms with Crippen molar-refractivity contribution in [1.29, 1.82) is 5.26 Å². The number of fused-ring (bicyclic) bond motifs is 1. The summed E-state index contributed by atoms with van der Waals surface area (Å²) in [6.45, 7) is 2.86. The van der Waals surface area contributed by atoms with Gasteiger partial charge in [0.1, 0.15) is 45.2 Å². The van der Waals surface area contributed by atoms with E-state index in [1.165, 1.54) is 11.3 Å². The van der Waals surface area contributed by atoms with Crippen molar-refractivity contribution < 1.29 is 19.0 Å². The van der Waals surface area contributed by atoms with Crippen molar-refractivity contribution in [3.63, 3.8) is 0 Å². The molecular formula is C24H28N6O5S. The third kappa shape index (κ3) is 5.81. The second-order valence-electron chi connectivity index (χ2n) is 8.19. The molecule has 2 aromatic heterocycles. The molecule has 2 aliphatic rings. The van der Waals surface area contributed by atoms with Crippen molar-refractivity contribution in [2.45, 2.75) is 44.9 Å². The summed E-state index contributed by atoms with van der Waals surface area (Å²) >= 11 is 1.19. The van der Waals surface area contributed by atoms with Gasteiger partial charge in [-0.2, -0.15) is 5.26 Å². The number of hydrogen-bond acceptors (Lipinski definition) is 10. The fraction of sp³-hybridized carbons (Fsp3) is 0.458. The van der Waals surface area contributed by atoms with E-state index in [9.17, 15) is 14.9 Å². The molecule has 4 rings (SSSR count). The van der Waals surface area contributed by atoms with Gasteiger partial charge in [0, 0.05) is 19.9 Å². The molecule has 0 unspecified atom stereocenters. The number of aromatic nitrogens is 2. The second kappa shape index (κ2) is 11.9. The van der Waals surface area contributed by atoms with E-state index >= 15 is 0 Å². The third-order valence-corrected chi connectivity index (χ3v) is 6.89. The number of carbonyl (C=O) groups excluding carboxylic acids is 1. The van der Waals surface area contributed by atoms with Crippen molar-refractivity contribution in [2.24, 2.45) is 4.99 Å². The monoisotopic (exact) mass is 512 g/mol. The van der Waals surface area contributed by atoms with Crippen molar-refractivity contribution in [2.75, 3.05) is 37.6 Å². The van der Waals surface area contributed by atoms with E-state index in [2.05, 4.69) is 26.7 Å². The van der Waals surface area contributed by atoms with E-state index in [1.807, 2.05) is 6.92 Å². The molecule has 0 saturated heterocycles. The SMILES string of the molecule is CCn1c(=C(C#N)C2=N[C@H]3CCC[C@H]3O2)sc(=CNc2cccc(NC(=O)COCCOC)n2)c1=O. The first-order valence-corrected chi connectivity index (χ1v) is 12.5. The smallest absolute Gasteiger partial charge is 0.270 e. The maximum atomic E-state index is 13.0. The zero-order valence-corrected chi connectivity index (χ0v) is 21.0. The van der Waals surface area contributed by atoms with Gasteiger partial charge in [0.15, 0.2) is 0 Å². The predicted octanol–water partition coefficient (Wildman–Crippen LogP) is 0.800. The Hall–Kier alpha value is -3.53. The lowest BCUT2D eigenvalue weighted by Gasteiger charge is -2.07. The van der Waals surface area contributed by atoms with Gasteiger partial charge in [-0.1, -0.05) is 6.07 Å². The van der Waals surface area contributed by atoms with Crippen molar-refractivity contribution in [1.82, 2.24) is 9.55 Å². The van der Waals surface area contributed by atoms with Crippen LogP contribution in [-0.4, -0.2) is 60.4 Å². The molecule has 36 heavy (non-hydrogen) atoms. The van der Waals surface area contributed by atoms with Crippen LogP contribution in [0.4, 0.5) is 11.6 Å². The van der Waals surface area contributed by atoms with Crippen LogP contribution in [0.3, 0.4) is 0 Å². The number of nitriles is 1. The minimum atomic E-state index is -0.339. The molecule has 2 atom stereocenters. The number of rotatable bonds is 10. The highest BCUT2D eigenvalue weighted by Gasteiger charge is 2.36. The summed E-state index contributed by atoms with van der Waals surface area (Å²) in [4.78, 5) is 34.0. The first-order chi connectivity index (χ1) is 17.5. The number of nitrogens with one attached hydrogen (secondary N) is 2. The molecule has 0 aromatic carbocycles. The molecule has 1 aliphatic carbocycles. The molecule has 190 valence electrons. The maximum Gasteiger partial charge on any atom is 0.270 e. The van der Waals surface area contributed by atoms with Gasteiger partial charge in [0.05, 0.1) is 19.3 Å². The maximum absolute atomic E-state index is 13.0. The highest BCUT2D eigenvalue weighted by Crippen LogP contribution is 2.31. The minimum absolute atomic E-state index is 0.0218. The Morgan fingerprint density at radius 1 is 1.36 bits per heavy atom. The molecule has 2 N–H and O–H groups in total. The lowest BCUT2D eigenvalue weighted by molar-refractivity contribution is -0.121. The fourth-order valence-electron chi connectivity index (χ4n) is 4.03. The number of pyridine rings is 1. The van der Waals surface area contributed by atoms with Gasteiger partial charge in [-0.25, -0.2) is 9.98 Å². The number of thiazole rings is 1. The first kappa shape index (κ1) is 25.6. The van der Waals surface area contributed by atoms with E-state index in [-0.39, 0.29) is 35.8 Å². The van der Waals surface area contributed by atoms with Gasteiger partial charge in [-0.3, -0.25) is 14.2 Å². The number of amides is 1. The normalized spacial score (nSPS) is 19.8. The number of ether oxygens (including phenoxy) is 3. The first-order valence-electron chi connectivity index (χ1n) is 11.7. The Balaban J connectivity index is 1.54. The summed E-state index contributed by atoms with van der Waals surface area (Å²) in [6.07, 6.45) is 4.52. The highest BCUT2D eigenvalue weighted by molar-refractivity contribution is 7.07. The van der Waals surface area contributed by atoms with E-state index < -0.39 is 0 Å². The van der Waals surface area contributed by atoms with Crippen molar-refractivity contribution in [3.05, 3.63) is 37.7 Å². The Morgan fingerprint density at radius 3 is 2.94 bits per heavy atom. The number of carbonyl (C=O) groups is 1. The van der Waals surface area contributed by atoms with Crippen molar-refractivity contribution >= 4 is 46.6 Å². The molecule has 11 nitrogen and oxygen atoms in total. The van der Waals surface area contributed by atoms with Gasteiger partial charge >= 0.3 is 0 Å². The Labute approximate surface area is 211 Å². The Bertz CT molecular complexity index is 1360. The molecule has 0 spiro atoms. The third-order valence-electron chi connectivity index (χ3n) is 5.76. The number of anilines is 2. The van der Waals surface area contributed by atoms with Crippen LogP contribution < -0.4 is 25.4 Å². The van der Waals surface area contributed by atoms with Gasteiger partial charge < -0.3 is 24.8 Å².